The first-order valence-electron chi connectivity index (χ1n) is 14.9. The topological polar surface area (TPSA) is 90.5 Å². The molecule has 39 heavy (non-hydrogen) atoms. The zero-order chi connectivity index (χ0) is 27.2. The summed E-state index contributed by atoms with van der Waals surface area (Å²) in [5, 5.41) is 6.35. The van der Waals surface area contributed by atoms with Crippen LogP contribution in [0.5, 0.6) is 0 Å². The van der Waals surface area contributed by atoms with Crippen molar-refractivity contribution < 1.29 is 9.59 Å². The fourth-order valence-corrected chi connectivity index (χ4v) is 6.90. The summed E-state index contributed by atoms with van der Waals surface area (Å²) in [7, 11) is 1.72. The Morgan fingerprint density at radius 1 is 0.949 bits per heavy atom. The number of benzene rings is 1. The fraction of sp³-hybridized carbons (Fsp3) is 0.613. The second-order valence-corrected chi connectivity index (χ2v) is 11.7. The van der Waals surface area contributed by atoms with Crippen molar-refractivity contribution in [2.75, 3.05) is 45.1 Å². The molecule has 0 spiro atoms. The molecule has 1 aliphatic carbocycles. The van der Waals surface area contributed by atoms with E-state index in [9.17, 15) is 9.59 Å². The molecule has 3 heterocycles. The minimum atomic E-state index is 0.0107. The van der Waals surface area contributed by atoms with E-state index in [0.29, 0.717) is 23.6 Å². The smallest absolute Gasteiger partial charge is 0.272 e. The average molecular weight is 533 g/mol. The molecule has 1 aromatic heterocycles. The molecule has 2 aromatic rings. The maximum atomic E-state index is 13.5. The highest BCUT2D eigenvalue weighted by molar-refractivity contribution is 5.94. The highest BCUT2D eigenvalue weighted by Crippen LogP contribution is 2.36. The van der Waals surface area contributed by atoms with Crippen LogP contribution in [0.3, 0.4) is 0 Å². The van der Waals surface area contributed by atoms with E-state index in [0.717, 1.165) is 69.8 Å². The zero-order valence-electron chi connectivity index (χ0n) is 23.6. The Balaban J connectivity index is 1.12. The fourth-order valence-electron chi connectivity index (χ4n) is 6.90. The van der Waals surface area contributed by atoms with E-state index in [4.69, 9.17) is 0 Å². The Morgan fingerprint density at radius 2 is 1.69 bits per heavy atom. The number of rotatable bonds is 7. The van der Waals surface area contributed by atoms with Gasteiger partial charge < -0.3 is 20.4 Å². The lowest BCUT2D eigenvalue weighted by atomic mass is 9.78. The highest BCUT2D eigenvalue weighted by atomic mass is 16.2. The van der Waals surface area contributed by atoms with Crippen LogP contribution in [0.4, 0.5) is 5.82 Å². The summed E-state index contributed by atoms with van der Waals surface area (Å²) in [5.74, 6) is 2.32. The van der Waals surface area contributed by atoms with E-state index in [2.05, 4.69) is 55.8 Å². The maximum Gasteiger partial charge on any atom is 0.272 e. The third kappa shape index (κ3) is 6.60. The van der Waals surface area contributed by atoms with Gasteiger partial charge in [-0.05, 0) is 82.4 Å². The number of hydrogen-bond donors (Lipinski definition) is 2. The van der Waals surface area contributed by atoms with Crippen molar-refractivity contribution in [3.8, 4) is 0 Å². The number of hydrogen-bond acceptors (Lipinski definition) is 6. The van der Waals surface area contributed by atoms with Crippen molar-refractivity contribution in [3.05, 3.63) is 53.5 Å². The Labute approximate surface area is 233 Å². The second-order valence-electron chi connectivity index (χ2n) is 11.7. The minimum Gasteiger partial charge on any atom is -0.369 e. The molecule has 2 atom stereocenters. The third-order valence-corrected chi connectivity index (χ3v) is 9.31. The van der Waals surface area contributed by atoms with Crippen LogP contribution >= 0.6 is 0 Å². The summed E-state index contributed by atoms with van der Waals surface area (Å²) in [4.78, 5) is 38.8. The summed E-state index contributed by atoms with van der Waals surface area (Å²) in [6.45, 7) is 6.25. The van der Waals surface area contributed by atoms with Gasteiger partial charge in [-0.25, -0.2) is 9.97 Å². The molecule has 5 rings (SSSR count). The van der Waals surface area contributed by atoms with Crippen LogP contribution in [0.25, 0.3) is 0 Å². The number of piperidine rings is 2. The van der Waals surface area contributed by atoms with Crippen LogP contribution < -0.4 is 10.6 Å². The highest BCUT2D eigenvalue weighted by Gasteiger charge is 2.32. The SMILES string of the molecule is CNC(=O)C1CCN(C2CCN(C(=O)c3ncnc(NC[C@H]4CCC[C@@H](c5ccccc5)C4)c3C)CC2)CC1. The van der Waals surface area contributed by atoms with E-state index in [1.54, 1.807) is 7.05 Å². The Bertz CT molecular complexity index is 1110. The van der Waals surface area contributed by atoms with Gasteiger partial charge >= 0.3 is 0 Å². The Hall–Kier alpha value is -3.00. The van der Waals surface area contributed by atoms with Gasteiger partial charge in [0.05, 0.1) is 0 Å². The molecule has 2 amide bonds. The largest absolute Gasteiger partial charge is 0.369 e. The van der Waals surface area contributed by atoms with Crippen LogP contribution in [-0.4, -0.2) is 77.4 Å². The molecule has 8 heteroatoms. The first kappa shape index (κ1) is 27.6. The molecule has 210 valence electrons. The summed E-state index contributed by atoms with van der Waals surface area (Å²) >= 11 is 0. The van der Waals surface area contributed by atoms with Crippen LogP contribution in [0.15, 0.2) is 36.7 Å². The van der Waals surface area contributed by atoms with Crippen molar-refractivity contribution >= 4 is 17.6 Å². The lowest BCUT2D eigenvalue weighted by molar-refractivity contribution is -0.126. The molecule has 0 bridgehead atoms. The predicted octanol–water partition coefficient (Wildman–Crippen LogP) is 4.23. The molecule has 2 saturated heterocycles. The quantitative estimate of drug-likeness (QED) is 0.555. The van der Waals surface area contributed by atoms with Crippen LogP contribution in [0.1, 0.15) is 78.9 Å². The molecule has 1 aromatic carbocycles. The van der Waals surface area contributed by atoms with Gasteiger partial charge in [-0.3, -0.25) is 9.59 Å². The van der Waals surface area contributed by atoms with Gasteiger partial charge in [0, 0.05) is 44.2 Å². The lowest BCUT2D eigenvalue weighted by Crippen LogP contribution is -2.50. The molecule has 1 saturated carbocycles. The number of carbonyl (C=O) groups excluding carboxylic acids is 2. The van der Waals surface area contributed by atoms with Crippen molar-refractivity contribution in [2.45, 2.75) is 70.3 Å². The van der Waals surface area contributed by atoms with Crippen molar-refractivity contribution in [2.24, 2.45) is 11.8 Å². The number of amides is 2. The van der Waals surface area contributed by atoms with Gasteiger partial charge in [-0.15, -0.1) is 0 Å². The van der Waals surface area contributed by atoms with Gasteiger partial charge in [0.15, 0.2) is 0 Å². The molecule has 0 unspecified atom stereocenters. The molecule has 3 fully saturated rings. The molecular weight excluding hydrogens is 488 g/mol. The van der Waals surface area contributed by atoms with Gasteiger partial charge in [-0.2, -0.15) is 0 Å². The Morgan fingerprint density at radius 3 is 2.41 bits per heavy atom. The number of carbonyl (C=O) groups is 2. The number of likely N-dealkylation sites (tertiary alicyclic amines) is 2. The van der Waals surface area contributed by atoms with Crippen molar-refractivity contribution in [3.63, 3.8) is 0 Å². The van der Waals surface area contributed by atoms with Crippen molar-refractivity contribution in [1.29, 1.82) is 0 Å². The van der Waals surface area contributed by atoms with Gasteiger partial charge in [0.1, 0.15) is 17.8 Å². The Kier molecular flexibility index (Phi) is 9.12. The summed E-state index contributed by atoms with van der Waals surface area (Å²) in [6, 6.07) is 11.4. The number of aromatic nitrogens is 2. The lowest BCUT2D eigenvalue weighted by Gasteiger charge is -2.41. The van der Waals surface area contributed by atoms with E-state index in [1.807, 2.05) is 11.8 Å². The van der Waals surface area contributed by atoms with Crippen LogP contribution in [-0.2, 0) is 4.79 Å². The standard InChI is InChI=1S/C31H44N6O2/c1-22-28(31(39)37-17-13-27(14-18-37)36-15-11-25(12-16-36)30(38)32-2)34-21-35-29(22)33-20-23-7-6-10-26(19-23)24-8-4-3-5-9-24/h3-5,8-9,21,23,25-27H,6-7,10-20H2,1-2H3,(H,32,38)(H,33,34,35)/t23-,26+/m0/s1. The zero-order valence-corrected chi connectivity index (χ0v) is 23.6. The van der Waals surface area contributed by atoms with E-state index in [1.165, 1.54) is 37.6 Å². The van der Waals surface area contributed by atoms with Gasteiger partial charge in [0.25, 0.3) is 5.91 Å². The first-order chi connectivity index (χ1) is 19.0. The summed E-state index contributed by atoms with van der Waals surface area (Å²) < 4.78 is 0. The normalized spacial score (nSPS) is 23.4. The number of nitrogens with one attached hydrogen (secondary N) is 2. The third-order valence-electron chi connectivity index (χ3n) is 9.31. The van der Waals surface area contributed by atoms with E-state index >= 15 is 0 Å². The number of nitrogens with zero attached hydrogens (tertiary/aromatic N) is 4. The number of anilines is 1. The predicted molar refractivity (Wildman–Crippen MR) is 154 cm³/mol. The first-order valence-corrected chi connectivity index (χ1v) is 14.9. The molecule has 2 aliphatic heterocycles. The molecule has 8 nitrogen and oxygen atoms in total. The molecule has 2 N–H and O–H groups in total. The summed E-state index contributed by atoms with van der Waals surface area (Å²) in [5.41, 5.74) is 2.81. The minimum absolute atomic E-state index is 0.0107. The average Bonchev–Trinajstić information content (AvgIpc) is 3.00. The van der Waals surface area contributed by atoms with Crippen LogP contribution in [0.2, 0.25) is 0 Å². The van der Waals surface area contributed by atoms with Crippen LogP contribution in [0, 0.1) is 18.8 Å². The maximum absolute atomic E-state index is 13.5. The molecule has 3 aliphatic rings. The van der Waals surface area contributed by atoms with E-state index in [-0.39, 0.29) is 17.7 Å². The van der Waals surface area contributed by atoms with Gasteiger partial charge in [0.2, 0.25) is 5.91 Å². The second kappa shape index (κ2) is 12.9. The van der Waals surface area contributed by atoms with Gasteiger partial charge in [-0.1, -0.05) is 36.8 Å². The molecular formula is C31H44N6O2. The molecule has 0 radical (unpaired) electrons. The monoisotopic (exact) mass is 532 g/mol. The van der Waals surface area contributed by atoms with E-state index < -0.39 is 0 Å². The summed E-state index contributed by atoms with van der Waals surface area (Å²) in [6.07, 6.45) is 10.2. The van der Waals surface area contributed by atoms with Crippen molar-refractivity contribution in [1.82, 2.24) is 25.1 Å².